The van der Waals surface area contributed by atoms with Crippen molar-refractivity contribution in [3.05, 3.63) is 342 Å². The van der Waals surface area contributed by atoms with Crippen LogP contribution in [0.5, 0.6) is 5.75 Å². The predicted molar refractivity (Wildman–Crippen MR) is 569 cm³/mol. The minimum Gasteiger partial charge on any atom is -0.496 e. The van der Waals surface area contributed by atoms with E-state index in [4.69, 9.17) is 29.6 Å². The molecule has 5 amide bonds. The fraction of sp³-hybridized carbons (Fsp3) is 0.195. The first-order valence-corrected chi connectivity index (χ1v) is 51.8. The van der Waals surface area contributed by atoms with E-state index in [1.54, 1.807) is 117 Å². The Labute approximate surface area is 849 Å². The van der Waals surface area contributed by atoms with E-state index in [2.05, 4.69) is 77.6 Å². The summed E-state index contributed by atoms with van der Waals surface area (Å²) < 4.78 is 70.6. The maximum atomic E-state index is 14.2. The Morgan fingerprint density at radius 3 is 1.20 bits per heavy atom. The van der Waals surface area contributed by atoms with E-state index in [0.717, 1.165) is 191 Å². The highest BCUT2D eigenvalue weighted by Gasteiger charge is 2.30. The summed E-state index contributed by atoms with van der Waals surface area (Å²) in [5.41, 5.74) is 17.8. The summed E-state index contributed by atoms with van der Waals surface area (Å²) in [6.45, 7) is 3.12. The number of nitrogens with zero attached hydrogens (tertiary/aromatic N) is 8. The quantitative estimate of drug-likeness (QED) is 0.0267. The zero-order chi connectivity index (χ0) is 103. The number of fused-ring (bicyclic) bond motifs is 8. The number of benzene rings is 12. The van der Waals surface area contributed by atoms with Crippen LogP contribution in [0.2, 0.25) is 0 Å². The molecule has 1 unspecified atom stereocenters. The van der Waals surface area contributed by atoms with Crippen molar-refractivity contribution < 1.29 is 64.9 Å². The van der Waals surface area contributed by atoms with Gasteiger partial charge in [0.25, 0.3) is 29.5 Å². The van der Waals surface area contributed by atoms with Crippen molar-refractivity contribution in [2.75, 3.05) is 33.7 Å². The molecular weight excluding hydrogens is 1910 g/mol. The van der Waals surface area contributed by atoms with E-state index < -0.39 is 26.0 Å². The average molecular weight is 2020 g/mol. The van der Waals surface area contributed by atoms with Crippen LogP contribution in [-0.2, 0) is 37.7 Å². The van der Waals surface area contributed by atoms with Gasteiger partial charge in [0, 0.05) is 127 Å². The molecule has 35 heteroatoms. The van der Waals surface area contributed by atoms with Crippen LogP contribution < -0.4 is 36.5 Å². The largest absolute Gasteiger partial charge is 0.496 e. The summed E-state index contributed by atoms with van der Waals surface area (Å²) in [5.74, 6) is -0.520. The van der Waals surface area contributed by atoms with Gasteiger partial charge in [-0.05, 0) is 219 Å². The molecule has 0 bridgehead atoms. The first kappa shape index (κ1) is 101. The van der Waals surface area contributed by atoms with Crippen molar-refractivity contribution in [2.24, 2.45) is 11.1 Å². The molecule has 22 rings (SSSR count). The lowest BCUT2D eigenvalue weighted by Crippen LogP contribution is -2.45. The van der Waals surface area contributed by atoms with Crippen molar-refractivity contribution >= 4 is 137 Å². The monoisotopic (exact) mass is 2020 g/mol. The summed E-state index contributed by atoms with van der Waals surface area (Å²) >= 11 is 0. The molecule has 8 heterocycles. The van der Waals surface area contributed by atoms with Crippen molar-refractivity contribution in [2.45, 2.75) is 112 Å². The van der Waals surface area contributed by atoms with Crippen molar-refractivity contribution in [1.29, 1.82) is 0 Å². The number of ether oxygens (including phenoxy) is 2. The van der Waals surface area contributed by atoms with Crippen LogP contribution in [0.1, 0.15) is 128 Å². The number of amides is 5. The zero-order valence-corrected chi connectivity index (χ0v) is 82.7. The number of carbonyl (C=O) groups is 5. The highest BCUT2D eigenvalue weighted by molar-refractivity contribution is 7.90. The van der Waals surface area contributed by atoms with Gasteiger partial charge in [0.1, 0.15) is 40.0 Å². The molecule has 32 nitrogen and oxygen atoms in total. The topological polar surface area (TPSA) is 481 Å². The number of nitrogens with two attached hydrogens (primary N) is 1. The number of H-pyrrole nitrogens is 5. The summed E-state index contributed by atoms with van der Waals surface area (Å²) in [6, 6.07) is 88.9. The number of sulfonamides is 1. The first-order valence-electron chi connectivity index (χ1n) is 48.4. The highest BCUT2D eigenvalue weighted by atomic mass is 32.2. The van der Waals surface area contributed by atoms with Crippen molar-refractivity contribution in [3.8, 4) is 62.4 Å². The minimum atomic E-state index is -3.75. The Hall–Kier alpha value is -17.0. The van der Waals surface area contributed by atoms with Crippen molar-refractivity contribution in [1.82, 2.24) is 92.5 Å². The van der Waals surface area contributed by atoms with Gasteiger partial charge in [-0.1, -0.05) is 154 Å². The molecule has 2 fully saturated rings. The number of aliphatic hydroxyl groups is 2. The number of rotatable bonds is 24. The Balaban J connectivity index is 0.000000121. The first-order chi connectivity index (χ1) is 71.8. The van der Waals surface area contributed by atoms with E-state index in [9.17, 15) is 55.4 Å². The lowest BCUT2D eigenvalue weighted by Gasteiger charge is -2.30. The van der Waals surface area contributed by atoms with Crippen LogP contribution in [0.25, 0.3) is 144 Å². The number of carbonyl (C=O) groups excluding carboxylic acids is 5. The van der Waals surface area contributed by atoms with Gasteiger partial charge in [-0.25, -0.2) is 41.3 Å². The molecule has 0 radical (unpaired) electrons. The number of aromatic nitrogens is 13. The molecule has 0 spiro atoms. The van der Waals surface area contributed by atoms with E-state index in [1.165, 1.54) is 30.3 Å². The third kappa shape index (κ3) is 23.5. The van der Waals surface area contributed by atoms with Crippen LogP contribution in [0, 0.1) is 11.7 Å². The molecule has 12 aromatic carbocycles. The van der Waals surface area contributed by atoms with Gasteiger partial charge in [0.15, 0.2) is 9.84 Å². The Bertz CT molecular complexity index is 8550. The Morgan fingerprint density at radius 2 is 0.784 bits per heavy atom. The molecule has 2 aliphatic carbocycles. The normalized spacial score (nSPS) is 14.8. The summed E-state index contributed by atoms with van der Waals surface area (Å²) in [7, 11) is -3.76. The number of aromatic amines is 5. The molecular formula is C113H106FN19O13S2. The molecule has 5 atom stereocenters. The Kier molecular flexibility index (Phi) is 31.1. The van der Waals surface area contributed by atoms with Crippen LogP contribution in [-0.4, -0.2) is 180 Å². The number of hydrogen-bond donors (Lipinski definition) is 13. The molecule has 0 aliphatic heterocycles. The second-order valence-corrected chi connectivity index (χ2v) is 39.8. The third-order valence-electron chi connectivity index (χ3n) is 26.4. The highest BCUT2D eigenvalue weighted by Crippen LogP contribution is 2.38. The SMILES string of the molecule is CCC(COC)NC(=O)c1ccc2[nH]nc(-c3ccc4ccccc4n3)c2c1.COc1ccccc1-c1n[nH]c2ccc(C(=O)NCc3ccc(S(N)(=O)=O)cc3)cc12.CS(=O)(=O)c1ccc(CNC(=O)c2ccc3[nH]nc(-c4ccc5ccccc5n4)c3c2)cc1.O=C(N[C@H]1CCCC[C@@H]1CO)c1ccc2[nH]nc(-c3ccccc3F)c2c1.O=C(N[C@H]1CCCC[C@@H]1O)c1ccc2[nH]nc(-c3ccc4ccccc4n3)c2c1. The van der Waals surface area contributed by atoms with Gasteiger partial charge in [0.2, 0.25) is 10.0 Å². The van der Waals surface area contributed by atoms with E-state index in [0.29, 0.717) is 68.2 Å². The number of aliphatic hydroxyl groups excluding tert-OH is 2. The zero-order valence-electron chi connectivity index (χ0n) is 81.1. The summed E-state index contributed by atoms with van der Waals surface area (Å²) in [6.07, 6.45) is 9.04. The van der Waals surface area contributed by atoms with Gasteiger partial charge in [0.05, 0.1) is 103 Å². The van der Waals surface area contributed by atoms with Crippen LogP contribution in [0.15, 0.2) is 307 Å². The van der Waals surface area contributed by atoms with Crippen LogP contribution in [0.3, 0.4) is 0 Å². The average Bonchev–Trinajstić information content (AvgIpc) is 1.64. The predicted octanol–water partition coefficient (Wildman–Crippen LogP) is 18.3. The Morgan fingerprint density at radius 1 is 0.419 bits per heavy atom. The number of methoxy groups -OCH3 is 2. The summed E-state index contributed by atoms with van der Waals surface area (Å²) in [4.78, 5) is 78.1. The maximum Gasteiger partial charge on any atom is 0.251 e. The smallest absolute Gasteiger partial charge is 0.251 e. The van der Waals surface area contributed by atoms with Crippen LogP contribution >= 0.6 is 0 Å². The standard InChI is InChI=1S/C25H20N4O3S.C23H22N4O2.C22H20N4O4S.C22H22N4O2.C21H22FN3O2/c1-33(31,32)19-10-6-16(7-11-19)15-26-25(30)18-9-12-22-20(14-18)24(29-28-22)23-13-8-17-4-2-3-5-21(17)27-23;28-21-8-4-3-7-19(21)25-23(29)15-10-11-18-16(13-15)22(27-26-18)20-12-9-14-5-1-2-6-17(14)24-20;1-30-20-5-3-2-4-17(20)21-18-12-15(8-11-19(18)25-26-21)22(27)24-13-14-6-9-16(10-7-14)31(23,28)29;1-3-16(13-28-2)23-22(27)15-9-10-19-17(12-15)21(26-25-19)20-11-8-14-6-4-5-7-18(14)24-20;22-17-7-3-2-6-15(17)20-16-11-13(9-10-19(16)24-25-20)21(27)23-18-8-4-1-5-14(18)12-26/h2-14H,15H2,1H3,(H,26,30)(H,28,29);1-2,5-6,9-13,19,21,28H,3-4,7-8H2,(H,25,29)(H,26,27);2-12H,13H2,1H3,(H,24,27)(H,25,26)(H2,23,28,29);4-12,16H,3,13H2,1-2H3,(H,23,27)(H,25,26);2-3,6-7,9-11,14,18,26H,1,4-5,8,12H2,(H,23,27)(H,24,25)/t;19-,21-;;;14-,18+/m.0..1/s1. The van der Waals surface area contributed by atoms with Crippen LogP contribution in [0.4, 0.5) is 4.39 Å². The van der Waals surface area contributed by atoms with E-state index >= 15 is 0 Å². The molecule has 2 saturated carbocycles. The molecule has 8 aromatic heterocycles. The molecule has 14 N–H and O–H groups in total. The van der Waals surface area contributed by atoms with E-state index in [-0.39, 0.29) is 88.9 Å². The molecule has 20 aromatic rings. The minimum absolute atomic E-state index is 0.0117. The van der Waals surface area contributed by atoms with E-state index in [1.807, 2.05) is 171 Å². The molecule has 750 valence electrons. The number of primary sulfonamides is 1. The second-order valence-electron chi connectivity index (χ2n) is 36.3. The number of pyridine rings is 3. The number of sulfone groups is 1. The van der Waals surface area contributed by atoms with Gasteiger partial charge >= 0.3 is 0 Å². The second kappa shape index (κ2) is 45.5. The van der Waals surface area contributed by atoms with Crippen molar-refractivity contribution in [3.63, 3.8) is 0 Å². The number of nitrogens with one attached hydrogen (secondary N) is 10. The van der Waals surface area contributed by atoms with Gasteiger partial charge < -0.3 is 46.3 Å². The fourth-order valence-electron chi connectivity index (χ4n) is 18.2. The lowest BCUT2D eigenvalue weighted by molar-refractivity contribution is 0.0717. The third-order valence-corrected chi connectivity index (χ3v) is 28.4. The molecule has 148 heavy (non-hydrogen) atoms. The van der Waals surface area contributed by atoms with Gasteiger partial charge in [-0.2, -0.15) is 25.5 Å². The lowest BCUT2D eigenvalue weighted by atomic mass is 9.85. The fourth-order valence-corrected chi connectivity index (χ4v) is 19.4. The molecule has 0 saturated heterocycles. The number of para-hydroxylation sites is 4. The summed E-state index contributed by atoms with van der Waals surface area (Å²) in [5, 5.41) is 83.7. The number of hydrogen-bond acceptors (Lipinski definition) is 21. The molecule has 2 aliphatic rings. The van der Waals surface area contributed by atoms with Gasteiger partial charge in [-0.15, -0.1) is 0 Å². The number of halogens is 1. The van der Waals surface area contributed by atoms with Gasteiger partial charge in [-0.3, -0.25) is 49.5 Å². The maximum absolute atomic E-state index is 14.2.